The van der Waals surface area contributed by atoms with Crippen molar-refractivity contribution < 1.29 is 0 Å². The van der Waals surface area contributed by atoms with Gasteiger partial charge in [0.05, 0.1) is 0 Å². The Labute approximate surface area is 308 Å². The monoisotopic (exact) mass is 684 g/mol. The van der Waals surface area contributed by atoms with Gasteiger partial charge in [-0.15, -0.1) is 0 Å². The van der Waals surface area contributed by atoms with Gasteiger partial charge in [-0.25, -0.2) is 29.9 Å². The number of rotatable bonds is 7. The quantitative estimate of drug-likeness (QED) is 0.166. The maximum absolute atomic E-state index is 5.08. The van der Waals surface area contributed by atoms with Crippen LogP contribution in [0.15, 0.2) is 152 Å². The molecule has 0 spiro atoms. The van der Waals surface area contributed by atoms with E-state index >= 15 is 0 Å². The molecule has 3 unspecified atom stereocenters. The zero-order valence-corrected chi connectivity index (χ0v) is 29.2. The van der Waals surface area contributed by atoms with E-state index in [4.69, 9.17) is 29.9 Å². The predicted molar refractivity (Wildman–Crippen MR) is 212 cm³/mol. The fourth-order valence-electron chi connectivity index (χ4n) is 8.36. The molecule has 0 radical (unpaired) electrons. The lowest BCUT2D eigenvalue weighted by molar-refractivity contribution is 0.420. The van der Waals surface area contributed by atoms with Crippen molar-refractivity contribution in [2.24, 2.45) is 11.8 Å². The Bertz CT molecular complexity index is 2590. The average molecular weight is 685 g/mol. The van der Waals surface area contributed by atoms with Crippen LogP contribution in [0.4, 0.5) is 0 Å². The molecule has 0 amide bonds. The molecule has 3 atom stereocenters. The van der Waals surface area contributed by atoms with Crippen molar-refractivity contribution in [1.82, 2.24) is 29.9 Å². The van der Waals surface area contributed by atoms with Gasteiger partial charge >= 0.3 is 0 Å². The summed E-state index contributed by atoms with van der Waals surface area (Å²) in [6.07, 6.45) is 5.50. The number of benzene rings is 6. The normalized spacial score (nSPS) is 17.7. The van der Waals surface area contributed by atoms with Crippen LogP contribution in [0.3, 0.4) is 0 Å². The van der Waals surface area contributed by atoms with Gasteiger partial charge in [0.25, 0.3) is 0 Å². The maximum atomic E-state index is 5.08. The van der Waals surface area contributed by atoms with Crippen molar-refractivity contribution in [1.29, 1.82) is 0 Å². The molecule has 2 aliphatic carbocycles. The Morgan fingerprint density at radius 2 is 0.792 bits per heavy atom. The van der Waals surface area contributed by atoms with Crippen LogP contribution in [-0.4, -0.2) is 29.9 Å². The van der Waals surface area contributed by atoms with Gasteiger partial charge < -0.3 is 0 Å². The van der Waals surface area contributed by atoms with Gasteiger partial charge in [0.1, 0.15) is 0 Å². The first kappa shape index (κ1) is 31.3. The van der Waals surface area contributed by atoms with Gasteiger partial charge in [-0.2, -0.15) is 0 Å². The topological polar surface area (TPSA) is 77.3 Å². The highest BCUT2D eigenvalue weighted by Gasteiger charge is 2.40. The van der Waals surface area contributed by atoms with E-state index in [1.807, 2.05) is 78.9 Å². The summed E-state index contributed by atoms with van der Waals surface area (Å²) in [7, 11) is 0. The molecule has 2 saturated carbocycles. The van der Waals surface area contributed by atoms with Crippen LogP contribution in [0.5, 0.6) is 0 Å². The first-order chi connectivity index (χ1) is 26.2. The average Bonchev–Trinajstić information content (AvgIpc) is 3.89. The second-order valence-electron chi connectivity index (χ2n) is 14.4. The van der Waals surface area contributed by atoms with Crippen LogP contribution < -0.4 is 0 Å². The summed E-state index contributed by atoms with van der Waals surface area (Å²) < 4.78 is 0. The van der Waals surface area contributed by atoms with Crippen molar-refractivity contribution >= 4 is 10.8 Å². The Hall–Kier alpha value is -6.40. The lowest BCUT2D eigenvalue weighted by Gasteiger charge is -2.22. The van der Waals surface area contributed by atoms with E-state index in [1.165, 1.54) is 36.6 Å². The summed E-state index contributed by atoms with van der Waals surface area (Å²) in [5, 5.41) is 2.31. The summed E-state index contributed by atoms with van der Waals surface area (Å²) in [5.74, 6) is 6.13. The Morgan fingerprint density at radius 1 is 0.340 bits per heavy atom. The van der Waals surface area contributed by atoms with Crippen LogP contribution >= 0.6 is 0 Å². The lowest BCUT2D eigenvalue weighted by atomic mass is 9.83. The van der Waals surface area contributed by atoms with Crippen LogP contribution in [0, 0.1) is 11.8 Å². The smallest absolute Gasteiger partial charge is 0.164 e. The fourth-order valence-corrected chi connectivity index (χ4v) is 8.36. The number of fused-ring (bicyclic) bond motifs is 3. The van der Waals surface area contributed by atoms with Crippen molar-refractivity contribution in [3.63, 3.8) is 0 Å². The Kier molecular flexibility index (Phi) is 7.86. The minimum absolute atomic E-state index is 0.581. The van der Waals surface area contributed by atoms with Crippen molar-refractivity contribution in [2.75, 3.05) is 0 Å². The molecule has 0 N–H and O–H groups in total. The second-order valence-corrected chi connectivity index (χ2v) is 14.4. The molecule has 8 aromatic rings. The SMILES string of the molecule is c1ccc(-c2nc(-c3ccc(C4CC5CCC4C5)cc3)nc(-c3cccc(-c4nc(-c5ccccc5)nc(-c5ccc6ccccc6c5)n4)c3)n2)cc1. The van der Waals surface area contributed by atoms with Gasteiger partial charge in [0.15, 0.2) is 34.9 Å². The van der Waals surface area contributed by atoms with Crippen LogP contribution in [0.2, 0.25) is 0 Å². The number of nitrogens with zero attached hydrogens (tertiary/aromatic N) is 6. The summed E-state index contributed by atoms with van der Waals surface area (Å²) in [4.78, 5) is 30.1. The minimum atomic E-state index is 0.581. The zero-order chi connectivity index (χ0) is 35.1. The molecule has 6 nitrogen and oxygen atoms in total. The number of aromatic nitrogens is 6. The van der Waals surface area contributed by atoms with Crippen molar-refractivity contribution in [3.8, 4) is 68.3 Å². The predicted octanol–water partition coefficient (Wildman–Crippen LogP) is 11.1. The zero-order valence-electron chi connectivity index (χ0n) is 29.2. The standard InChI is InChI=1S/C47H36N6/c1-3-11-33(12-4-1)42-48-44(35-23-21-32(22-24-35)41-27-30-18-19-37(41)26-30)52-45(49-42)38-16-9-17-39(29-38)46-50-43(34-13-5-2-6-14-34)51-47(53-46)40-25-20-31-10-7-8-15-36(31)28-40/h1-17,20-25,28-30,37,41H,18-19,26-27H2. The largest absolute Gasteiger partial charge is 0.208 e. The molecule has 2 bridgehead atoms. The number of hydrogen-bond donors (Lipinski definition) is 0. The molecule has 2 aliphatic rings. The van der Waals surface area contributed by atoms with E-state index < -0.39 is 0 Å². The summed E-state index contributed by atoms with van der Waals surface area (Å²) in [5.41, 5.74) is 6.94. The van der Waals surface area contributed by atoms with E-state index in [9.17, 15) is 0 Å². The second kappa shape index (κ2) is 13.3. The summed E-state index contributed by atoms with van der Waals surface area (Å²) in [6.45, 7) is 0. The number of hydrogen-bond acceptors (Lipinski definition) is 6. The molecular weight excluding hydrogens is 649 g/mol. The van der Waals surface area contributed by atoms with Crippen molar-refractivity contribution in [3.05, 3.63) is 157 Å². The van der Waals surface area contributed by atoms with E-state index in [0.717, 1.165) is 50.6 Å². The van der Waals surface area contributed by atoms with E-state index in [-0.39, 0.29) is 0 Å². The molecule has 6 heteroatoms. The molecular formula is C47H36N6. The van der Waals surface area contributed by atoms with E-state index in [0.29, 0.717) is 40.9 Å². The molecule has 0 aliphatic heterocycles. The highest BCUT2D eigenvalue weighted by Crippen LogP contribution is 2.53. The molecule has 2 fully saturated rings. The molecule has 10 rings (SSSR count). The Morgan fingerprint density at radius 3 is 1.32 bits per heavy atom. The Balaban J connectivity index is 1.06. The van der Waals surface area contributed by atoms with Gasteiger partial charge in [-0.3, -0.25) is 0 Å². The first-order valence-electron chi connectivity index (χ1n) is 18.5. The third kappa shape index (κ3) is 6.16. The van der Waals surface area contributed by atoms with Crippen LogP contribution in [0.25, 0.3) is 79.1 Å². The lowest BCUT2D eigenvalue weighted by Crippen LogP contribution is -2.08. The molecule has 254 valence electrons. The van der Waals surface area contributed by atoms with Gasteiger partial charge in [0, 0.05) is 33.4 Å². The van der Waals surface area contributed by atoms with Crippen LogP contribution in [0.1, 0.15) is 37.2 Å². The maximum Gasteiger partial charge on any atom is 0.164 e. The summed E-state index contributed by atoms with van der Waals surface area (Å²) >= 11 is 0. The van der Waals surface area contributed by atoms with Crippen LogP contribution in [-0.2, 0) is 0 Å². The molecule has 53 heavy (non-hydrogen) atoms. The molecule has 6 aromatic carbocycles. The minimum Gasteiger partial charge on any atom is -0.208 e. The van der Waals surface area contributed by atoms with Gasteiger partial charge in [-0.1, -0.05) is 146 Å². The third-order valence-corrected chi connectivity index (χ3v) is 11.1. The molecule has 0 saturated heterocycles. The third-order valence-electron chi connectivity index (χ3n) is 11.1. The first-order valence-corrected chi connectivity index (χ1v) is 18.5. The van der Waals surface area contributed by atoms with E-state index in [1.54, 1.807) is 0 Å². The highest BCUT2D eigenvalue weighted by atomic mass is 15.0. The molecule has 2 aromatic heterocycles. The van der Waals surface area contributed by atoms with Crippen molar-refractivity contribution in [2.45, 2.75) is 31.6 Å². The van der Waals surface area contributed by atoms with Gasteiger partial charge in [0.2, 0.25) is 0 Å². The highest BCUT2D eigenvalue weighted by molar-refractivity contribution is 5.86. The van der Waals surface area contributed by atoms with Gasteiger partial charge in [-0.05, 0) is 65.5 Å². The van der Waals surface area contributed by atoms with E-state index in [2.05, 4.69) is 72.8 Å². The fraction of sp³-hybridized carbons (Fsp3) is 0.149. The molecule has 2 heterocycles. The summed E-state index contributed by atoms with van der Waals surface area (Å²) in [6, 6.07) is 52.0.